The van der Waals surface area contributed by atoms with Crippen molar-refractivity contribution in [3.63, 3.8) is 0 Å². The molecule has 3 fully saturated rings. The molecule has 3 unspecified atom stereocenters. The first-order valence-electron chi connectivity index (χ1n) is 7.74. The first kappa shape index (κ1) is 13.3. The molecule has 3 aliphatic rings. The van der Waals surface area contributed by atoms with E-state index in [1.165, 1.54) is 57.8 Å². The molecular formula is C15H27NOS. The van der Waals surface area contributed by atoms with Gasteiger partial charge in [-0.15, -0.1) is 0 Å². The zero-order valence-electron chi connectivity index (χ0n) is 11.6. The number of ether oxygens (including phenoxy) is 1. The Morgan fingerprint density at radius 2 is 1.94 bits per heavy atom. The molecule has 1 heterocycles. The second-order valence-electron chi connectivity index (χ2n) is 6.41. The van der Waals surface area contributed by atoms with Crippen LogP contribution in [0.25, 0.3) is 0 Å². The van der Waals surface area contributed by atoms with Gasteiger partial charge in [0.15, 0.2) is 0 Å². The van der Waals surface area contributed by atoms with Crippen LogP contribution in [0.5, 0.6) is 0 Å². The lowest BCUT2D eigenvalue weighted by molar-refractivity contribution is -0.0846. The molecule has 0 bridgehead atoms. The molecule has 0 radical (unpaired) electrons. The van der Waals surface area contributed by atoms with Gasteiger partial charge in [-0.25, -0.2) is 0 Å². The number of hydrogen-bond acceptors (Lipinski definition) is 3. The summed E-state index contributed by atoms with van der Waals surface area (Å²) in [5.41, 5.74) is 0.267. The molecule has 1 N–H and O–H groups in total. The van der Waals surface area contributed by atoms with E-state index in [0.717, 1.165) is 23.9 Å². The van der Waals surface area contributed by atoms with Crippen molar-refractivity contribution in [3.8, 4) is 0 Å². The Morgan fingerprint density at radius 1 is 1.11 bits per heavy atom. The van der Waals surface area contributed by atoms with Crippen molar-refractivity contribution in [2.24, 2.45) is 0 Å². The lowest BCUT2D eigenvalue weighted by Crippen LogP contribution is -2.50. The summed E-state index contributed by atoms with van der Waals surface area (Å²) in [6.07, 6.45) is 14.3. The molecule has 3 heteroatoms. The maximum atomic E-state index is 6.13. The minimum absolute atomic E-state index is 0.267. The van der Waals surface area contributed by atoms with Crippen molar-refractivity contribution < 1.29 is 4.74 Å². The van der Waals surface area contributed by atoms with Crippen molar-refractivity contribution in [1.82, 2.24) is 5.32 Å². The van der Waals surface area contributed by atoms with Crippen LogP contribution >= 0.6 is 11.8 Å². The van der Waals surface area contributed by atoms with E-state index in [1.54, 1.807) is 0 Å². The predicted molar refractivity (Wildman–Crippen MR) is 78.3 cm³/mol. The molecule has 1 spiro atoms. The molecule has 1 aliphatic heterocycles. The molecule has 3 rings (SSSR count). The van der Waals surface area contributed by atoms with Crippen LogP contribution in [0.4, 0.5) is 0 Å². The Balaban J connectivity index is 1.56. The lowest BCUT2D eigenvalue weighted by Gasteiger charge is -2.40. The second-order valence-corrected chi connectivity index (χ2v) is 7.48. The maximum absolute atomic E-state index is 6.13. The highest BCUT2D eigenvalue weighted by molar-refractivity contribution is 7.99. The smallest absolute Gasteiger partial charge is 0.0697 e. The zero-order chi connectivity index (χ0) is 12.4. The first-order chi connectivity index (χ1) is 8.81. The highest BCUT2D eigenvalue weighted by atomic mass is 32.2. The lowest BCUT2D eigenvalue weighted by atomic mass is 9.88. The van der Waals surface area contributed by atoms with Crippen LogP contribution in [0.1, 0.15) is 57.8 Å². The van der Waals surface area contributed by atoms with Gasteiger partial charge in [0.1, 0.15) is 0 Å². The quantitative estimate of drug-likeness (QED) is 0.849. The number of nitrogens with one attached hydrogen (secondary N) is 1. The highest BCUT2D eigenvalue weighted by Gasteiger charge is 2.41. The number of thioether (sulfide) groups is 1. The summed E-state index contributed by atoms with van der Waals surface area (Å²) < 4.78 is 6.13. The molecule has 2 saturated carbocycles. The fourth-order valence-electron chi connectivity index (χ4n) is 4.24. The van der Waals surface area contributed by atoms with Crippen molar-refractivity contribution in [2.75, 3.05) is 12.9 Å². The minimum Gasteiger partial charge on any atom is -0.375 e. The predicted octanol–water partition coefficient (Wildman–Crippen LogP) is 3.35. The SMILES string of the molecule is CSC1CCCC1NC1CCOC2(CCCC2)C1. The van der Waals surface area contributed by atoms with E-state index in [9.17, 15) is 0 Å². The highest BCUT2D eigenvalue weighted by Crippen LogP contribution is 2.40. The van der Waals surface area contributed by atoms with E-state index >= 15 is 0 Å². The molecule has 2 nitrogen and oxygen atoms in total. The summed E-state index contributed by atoms with van der Waals surface area (Å²) >= 11 is 2.06. The van der Waals surface area contributed by atoms with Crippen molar-refractivity contribution in [3.05, 3.63) is 0 Å². The van der Waals surface area contributed by atoms with Gasteiger partial charge in [-0.3, -0.25) is 0 Å². The van der Waals surface area contributed by atoms with Crippen LogP contribution in [-0.4, -0.2) is 35.8 Å². The monoisotopic (exact) mass is 269 g/mol. The maximum Gasteiger partial charge on any atom is 0.0697 e. The Morgan fingerprint density at radius 3 is 2.72 bits per heavy atom. The van der Waals surface area contributed by atoms with E-state index < -0.39 is 0 Å². The Hall–Kier alpha value is 0.270. The van der Waals surface area contributed by atoms with E-state index in [4.69, 9.17) is 4.74 Å². The van der Waals surface area contributed by atoms with Crippen molar-refractivity contribution >= 4 is 11.8 Å². The van der Waals surface area contributed by atoms with Crippen molar-refractivity contribution in [2.45, 2.75) is 80.7 Å². The van der Waals surface area contributed by atoms with Crippen LogP contribution < -0.4 is 5.32 Å². The van der Waals surface area contributed by atoms with Gasteiger partial charge in [-0.1, -0.05) is 19.3 Å². The third-order valence-electron chi connectivity index (χ3n) is 5.21. The van der Waals surface area contributed by atoms with Gasteiger partial charge in [0.25, 0.3) is 0 Å². The fraction of sp³-hybridized carbons (Fsp3) is 1.00. The Labute approximate surface area is 116 Å². The summed E-state index contributed by atoms with van der Waals surface area (Å²) in [6.45, 7) is 0.980. The van der Waals surface area contributed by atoms with E-state index in [1.807, 2.05) is 0 Å². The molecule has 1 saturated heterocycles. The van der Waals surface area contributed by atoms with Gasteiger partial charge in [-0.2, -0.15) is 11.8 Å². The molecule has 0 amide bonds. The number of rotatable bonds is 3. The van der Waals surface area contributed by atoms with Crippen LogP contribution in [0.3, 0.4) is 0 Å². The van der Waals surface area contributed by atoms with Gasteiger partial charge in [0.2, 0.25) is 0 Å². The van der Waals surface area contributed by atoms with Gasteiger partial charge < -0.3 is 10.1 Å². The summed E-state index contributed by atoms with van der Waals surface area (Å²) in [5.74, 6) is 0. The Kier molecular flexibility index (Phi) is 4.21. The molecule has 0 aromatic carbocycles. The molecular weight excluding hydrogens is 242 g/mol. The second kappa shape index (κ2) is 5.72. The molecule has 18 heavy (non-hydrogen) atoms. The van der Waals surface area contributed by atoms with E-state index in [2.05, 4.69) is 23.3 Å². The molecule has 3 atom stereocenters. The van der Waals surface area contributed by atoms with Gasteiger partial charge in [0, 0.05) is 23.9 Å². The third-order valence-corrected chi connectivity index (χ3v) is 6.38. The fourth-order valence-corrected chi connectivity index (χ4v) is 5.18. The standard InChI is InChI=1S/C15H27NOS/c1-18-14-6-4-5-13(14)16-12-7-10-17-15(11-12)8-2-3-9-15/h12-14,16H,2-11H2,1H3. The van der Waals surface area contributed by atoms with Crippen molar-refractivity contribution in [1.29, 1.82) is 0 Å². The summed E-state index contributed by atoms with van der Waals surface area (Å²) in [6, 6.07) is 1.48. The molecule has 104 valence electrons. The summed E-state index contributed by atoms with van der Waals surface area (Å²) in [5, 5.41) is 4.82. The summed E-state index contributed by atoms with van der Waals surface area (Å²) in [7, 11) is 0. The summed E-state index contributed by atoms with van der Waals surface area (Å²) in [4.78, 5) is 0. The molecule has 0 aromatic heterocycles. The zero-order valence-corrected chi connectivity index (χ0v) is 12.4. The third kappa shape index (κ3) is 2.73. The Bertz CT molecular complexity index is 278. The van der Waals surface area contributed by atoms with E-state index in [0.29, 0.717) is 0 Å². The largest absolute Gasteiger partial charge is 0.375 e. The van der Waals surface area contributed by atoms with E-state index in [-0.39, 0.29) is 5.60 Å². The number of hydrogen-bond donors (Lipinski definition) is 1. The van der Waals surface area contributed by atoms with Crippen LogP contribution in [0, 0.1) is 0 Å². The van der Waals surface area contributed by atoms with Crippen LogP contribution in [-0.2, 0) is 4.74 Å². The molecule has 2 aliphatic carbocycles. The minimum atomic E-state index is 0.267. The van der Waals surface area contributed by atoms with Crippen LogP contribution in [0.2, 0.25) is 0 Å². The topological polar surface area (TPSA) is 21.3 Å². The van der Waals surface area contributed by atoms with Gasteiger partial charge in [0.05, 0.1) is 5.60 Å². The van der Waals surface area contributed by atoms with Gasteiger partial charge in [-0.05, 0) is 44.8 Å². The first-order valence-corrected chi connectivity index (χ1v) is 9.03. The molecule has 0 aromatic rings. The van der Waals surface area contributed by atoms with Gasteiger partial charge >= 0.3 is 0 Å². The normalized spacial score (nSPS) is 39.5. The average molecular weight is 269 g/mol. The average Bonchev–Trinajstić information content (AvgIpc) is 2.99. The van der Waals surface area contributed by atoms with Crippen LogP contribution in [0.15, 0.2) is 0 Å².